The minimum Gasteiger partial charge on any atom is -0.496 e. The van der Waals surface area contributed by atoms with Gasteiger partial charge in [0.05, 0.1) is 19.3 Å². The van der Waals surface area contributed by atoms with Crippen molar-refractivity contribution in [3.63, 3.8) is 0 Å². The number of ketones is 1. The largest absolute Gasteiger partial charge is 0.496 e. The molecule has 1 aliphatic heterocycles. The lowest BCUT2D eigenvalue weighted by Crippen LogP contribution is -2.40. The molecule has 1 amide bonds. The number of carbonyl (C=O) groups is 2. The van der Waals surface area contributed by atoms with E-state index in [1.165, 1.54) is 31.4 Å². The van der Waals surface area contributed by atoms with Crippen LogP contribution in [0.3, 0.4) is 0 Å². The maximum atomic E-state index is 12.8. The number of ether oxygens (including phenoxy) is 4. The summed E-state index contributed by atoms with van der Waals surface area (Å²) >= 11 is 5.89. The number of nitrogens with one attached hydrogen (secondary N) is 1. The molecule has 3 N–H and O–H groups in total. The Labute approximate surface area is 198 Å². The summed E-state index contributed by atoms with van der Waals surface area (Å²) in [6.07, 6.45) is -5.30. The third kappa shape index (κ3) is 6.52. The highest BCUT2D eigenvalue weighted by molar-refractivity contribution is 6.30. The SMILES string of the molecule is COc1cc2c(cc1C(N)=O)C(=O)C(CNCCOc1cc(Cl)ccc1OCC(F)(F)F)OC2. The highest BCUT2D eigenvalue weighted by Gasteiger charge is 2.30. The number of nitrogens with two attached hydrogens (primary N) is 1. The Morgan fingerprint density at radius 3 is 2.65 bits per heavy atom. The van der Waals surface area contributed by atoms with Crippen LogP contribution < -0.4 is 25.3 Å². The molecule has 1 heterocycles. The van der Waals surface area contributed by atoms with Crippen molar-refractivity contribution in [1.82, 2.24) is 5.32 Å². The molecule has 0 bridgehead atoms. The zero-order valence-corrected chi connectivity index (χ0v) is 18.8. The minimum atomic E-state index is -4.49. The quantitative estimate of drug-likeness (QED) is 0.480. The molecule has 8 nitrogen and oxygen atoms in total. The van der Waals surface area contributed by atoms with Crippen LogP contribution in [0.4, 0.5) is 13.2 Å². The predicted molar refractivity (Wildman–Crippen MR) is 116 cm³/mol. The Morgan fingerprint density at radius 2 is 1.97 bits per heavy atom. The molecule has 0 aromatic heterocycles. The van der Waals surface area contributed by atoms with Gasteiger partial charge in [-0.15, -0.1) is 0 Å². The zero-order chi connectivity index (χ0) is 24.9. The van der Waals surface area contributed by atoms with E-state index in [2.05, 4.69) is 5.32 Å². The fourth-order valence-corrected chi connectivity index (χ4v) is 3.43. The second-order valence-corrected chi connectivity index (χ2v) is 7.72. The molecule has 0 fully saturated rings. The van der Waals surface area contributed by atoms with Crippen LogP contribution in [0.25, 0.3) is 0 Å². The van der Waals surface area contributed by atoms with Gasteiger partial charge in [0.15, 0.2) is 23.9 Å². The number of halogens is 4. The maximum Gasteiger partial charge on any atom is 0.422 e. The maximum absolute atomic E-state index is 12.8. The Hall–Kier alpha value is -3.02. The normalized spacial score (nSPS) is 15.6. The molecule has 3 rings (SSSR count). The first-order valence-corrected chi connectivity index (χ1v) is 10.5. The topological polar surface area (TPSA) is 109 Å². The fourth-order valence-electron chi connectivity index (χ4n) is 3.26. The van der Waals surface area contributed by atoms with E-state index < -0.39 is 24.8 Å². The number of amides is 1. The summed E-state index contributed by atoms with van der Waals surface area (Å²) < 4.78 is 58.3. The molecule has 2 aromatic carbocycles. The van der Waals surface area contributed by atoms with Gasteiger partial charge in [-0.25, -0.2) is 0 Å². The molecule has 1 aliphatic rings. The third-order valence-electron chi connectivity index (χ3n) is 4.85. The van der Waals surface area contributed by atoms with Crippen molar-refractivity contribution in [2.75, 3.05) is 33.4 Å². The Balaban J connectivity index is 1.54. The molecule has 0 spiro atoms. The van der Waals surface area contributed by atoms with Crippen LogP contribution in [0.5, 0.6) is 17.2 Å². The van der Waals surface area contributed by atoms with Crippen molar-refractivity contribution in [2.45, 2.75) is 18.9 Å². The number of rotatable bonds is 10. The van der Waals surface area contributed by atoms with Gasteiger partial charge in [-0.2, -0.15) is 13.2 Å². The Morgan fingerprint density at radius 1 is 1.21 bits per heavy atom. The fraction of sp³-hybridized carbons (Fsp3) is 0.364. The van der Waals surface area contributed by atoms with Gasteiger partial charge < -0.3 is 30.0 Å². The van der Waals surface area contributed by atoms with Crippen LogP contribution in [-0.4, -0.2) is 57.4 Å². The lowest BCUT2D eigenvalue weighted by atomic mass is 9.94. The van der Waals surface area contributed by atoms with Gasteiger partial charge in [0, 0.05) is 29.7 Å². The molecular formula is C22H22ClF3N2O6. The first-order valence-electron chi connectivity index (χ1n) is 10.1. The van der Waals surface area contributed by atoms with Gasteiger partial charge in [-0.05, 0) is 29.8 Å². The molecule has 0 saturated heterocycles. The van der Waals surface area contributed by atoms with Crippen LogP contribution in [-0.2, 0) is 11.3 Å². The molecule has 1 unspecified atom stereocenters. The van der Waals surface area contributed by atoms with E-state index in [0.29, 0.717) is 11.1 Å². The minimum absolute atomic E-state index is 0.0588. The highest BCUT2D eigenvalue weighted by Crippen LogP contribution is 2.32. The molecule has 1 atom stereocenters. The summed E-state index contributed by atoms with van der Waals surface area (Å²) in [7, 11) is 1.39. The molecule has 0 saturated carbocycles. The van der Waals surface area contributed by atoms with Crippen LogP contribution in [0.2, 0.25) is 5.02 Å². The van der Waals surface area contributed by atoms with Crippen LogP contribution >= 0.6 is 11.6 Å². The Bertz CT molecular complexity index is 1060. The molecule has 2 aromatic rings. The standard InChI is InChI=1S/C22H22ClF3N2O6/c1-31-17-6-12-10-33-19(20(29)14(12)8-15(17)21(27)30)9-28-4-5-32-18-7-13(23)2-3-16(18)34-11-22(24,25)26/h2-3,6-8,19,28H,4-5,9-11H2,1H3,(H2,27,30). The van der Waals surface area contributed by atoms with Crippen molar-refractivity contribution in [1.29, 1.82) is 0 Å². The van der Waals surface area contributed by atoms with E-state index in [-0.39, 0.29) is 59.9 Å². The van der Waals surface area contributed by atoms with E-state index in [0.717, 1.165) is 0 Å². The molecule has 0 radical (unpaired) electrons. The van der Waals surface area contributed by atoms with Crippen molar-refractivity contribution < 1.29 is 41.7 Å². The second-order valence-electron chi connectivity index (χ2n) is 7.29. The highest BCUT2D eigenvalue weighted by atomic mass is 35.5. The number of carbonyl (C=O) groups excluding carboxylic acids is 2. The number of primary amides is 1. The number of hydrogen-bond acceptors (Lipinski definition) is 7. The average molecular weight is 503 g/mol. The summed E-state index contributed by atoms with van der Waals surface area (Å²) in [5.74, 6) is -0.811. The summed E-state index contributed by atoms with van der Waals surface area (Å²) in [5, 5.41) is 3.27. The lowest BCUT2D eigenvalue weighted by molar-refractivity contribution is -0.153. The molecule has 34 heavy (non-hydrogen) atoms. The van der Waals surface area contributed by atoms with Crippen LogP contribution in [0.15, 0.2) is 30.3 Å². The first-order chi connectivity index (χ1) is 16.1. The van der Waals surface area contributed by atoms with E-state index in [1.54, 1.807) is 6.07 Å². The monoisotopic (exact) mass is 502 g/mol. The second kappa shape index (κ2) is 10.9. The molecular weight excluding hydrogens is 481 g/mol. The van der Waals surface area contributed by atoms with Crippen LogP contribution in [0.1, 0.15) is 26.3 Å². The number of Topliss-reactive ketones (excluding diaryl/α,β-unsaturated/α-hetero) is 1. The molecule has 184 valence electrons. The number of hydrogen-bond donors (Lipinski definition) is 2. The van der Waals surface area contributed by atoms with Gasteiger partial charge >= 0.3 is 6.18 Å². The predicted octanol–water partition coefficient (Wildman–Crippen LogP) is 3.14. The first kappa shape index (κ1) is 25.6. The van der Waals surface area contributed by atoms with E-state index in [4.69, 9.17) is 36.3 Å². The van der Waals surface area contributed by atoms with Crippen LogP contribution in [0, 0.1) is 0 Å². The summed E-state index contributed by atoms with van der Waals surface area (Å²) in [4.78, 5) is 24.5. The third-order valence-corrected chi connectivity index (χ3v) is 5.09. The molecule has 12 heteroatoms. The van der Waals surface area contributed by atoms with E-state index in [1.807, 2.05) is 0 Å². The van der Waals surface area contributed by atoms with Crippen molar-refractivity contribution in [2.24, 2.45) is 5.73 Å². The van der Waals surface area contributed by atoms with Gasteiger partial charge in [0.1, 0.15) is 18.5 Å². The van der Waals surface area contributed by atoms with Crippen molar-refractivity contribution in [3.05, 3.63) is 52.0 Å². The summed E-state index contributed by atoms with van der Waals surface area (Å²) in [5.41, 5.74) is 6.37. The lowest BCUT2D eigenvalue weighted by Gasteiger charge is -2.25. The van der Waals surface area contributed by atoms with Gasteiger partial charge in [-0.3, -0.25) is 9.59 Å². The number of benzene rings is 2. The molecule has 0 aliphatic carbocycles. The Kier molecular flexibility index (Phi) is 8.24. The van der Waals surface area contributed by atoms with Gasteiger partial charge in [0.25, 0.3) is 5.91 Å². The zero-order valence-electron chi connectivity index (χ0n) is 18.0. The van der Waals surface area contributed by atoms with Gasteiger partial charge in [-0.1, -0.05) is 11.6 Å². The van der Waals surface area contributed by atoms with Gasteiger partial charge in [0.2, 0.25) is 0 Å². The summed E-state index contributed by atoms with van der Waals surface area (Å²) in [6.45, 7) is -0.868. The number of alkyl halides is 3. The van der Waals surface area contributed by atoms with Crippen molar-refractivity contribution >= 4 is 23.3 Å². The smallest absolute Gasteiger partial charge is 0.422 e. The number of methoxy groups -OCH3 is 1. The number of fused-ring (bicyclic) bond motifs is 1. The van der Waals surface area contributed by atoms with E-state index in [9.17, 15) is 22.8 Å². The summed E-state index contributed by atoms with van der Waals surface area (Å²) in [6, 6.07) is 6.98. The van der Waals surface area contributed by atoms with Crippen molar-refractivity contribution in [3.8, 4) is 17.2 Å². The average Bonchev–Trinajstić information content (AvgIpc) is 2.78. The van der Waals surface area contributed by atoms with E-state index >= 15 is 0 Å².